The van der Waals surface area contributed by atoms with Gasteiger partial charge in [-0.05, 0) is 12.1 Å². The Labute approximate surface area is 100 Å². The monoisotopic (exact) mass is 253 g/mol. The number of amides is 1. The number of rotatable bonds is 3. The lowest BCUT2D eigenvalue weighted by atomic mass is 10.3. The number of nitrogens with zero attached hydrogens (tertiary/aromatic N) is 3. The van der Waals surface area contributed by atoms with E-state index in [1.807, 2.05) is 0 Å². The van der Waals surface area contributed by atoms with Crippen molar-refractivity contribution in [1.29, 1.82) is 0 Å². The van der Waals surface area contributed by atoms with Gasteiger partial charge >= 0.3 is 0 Å². The molecule has 0 radical (unpaired) electrons. The number of carbonyl (C=O) groups is 1. The molecule has 1 aromatic carbocycles. The van der Waals surface area contributed by atoms with Crippen LogP contribution in [0.2, 0.25) is 0 Å². The molecule has 0 spiro atoms. The van der Waals surface area contributed by atoms with Crippen molar-refractivity contribution in [3.8, 4) is 0 Å². The van der Waals surface area contributed by atoms with Gasteiger partial charge in [0.25, 0.3) is 0 Å². The molecular formula is C10H9F2N5O. The minimum Gasteiger partial charge on any atom is -0.367 e. The maximum Gasteiger partial charge on any atom is 0.246 e. The highest BCUT2D eigenvalue weighted by atomic mass is 19.1. The topological polar surface area (TPSA) is 85.8 Å². The highest BCUT2D eigenvalue weighted by Crippen LogP contribution is 2.17. The van der Waals surface area contributed by atoms with Crippen molar-refractivity contribution in [2.45, 2.75) is 6.54 Å². The fourth-order valence-electron chi connectivity index (χ4n) is 1.33. The van der Waals surface area contributed by atoms with Crippen molar-refractivity contribution in [3.05, 3.63) is 36.2 Å². The van der Waals surface area contributed by atoms with Crippen LogP contribution in [0.25, 0.3) is 0 Å². The Balaban J connectivity index is 2.08. The average Bonchev–Trinajstić information content (AvgIpc) is 2.69. The van der Waals surface area contributed by atoms with Crippen LogP contribution < -0.4 is 11.1 Å². The lowest BCUT2D eigenvalue weighted by Gasteiger charge is -2.06. The summed E-state index contributed by atoms with van der Waals surface area (Å²) in [5, 5.41) is 5.79. The lowest BCUT2D eigenvalue weighted by molar-refractivity contribution is -0.116. The van der Waals surface area contributed by atoms with Crippen LogP contribution >= 0.6 is 0 Å². The molecule has 1 heterocycles. The van der Waals surface area contributed by atoms with Crippen molar-refractivity contribution >= 4 is 17.5 Å². The maximum absolute atomic E-state index is 13.2. The highest BCUT2D eigenvalue weighted by Gasteiger charge is 2.12. The molecule has 0 aliphatic rings. The van der Waals surface area contributed by atoms with Gasteiger partial charge in [0.05, 0.1) is 0 Å². The Bertz CT molecular complexity index is 563. The molecule has 0 saturated carbocycles. The number of aromatic nitrogens is 3. The third-order valence-corrected chi connectivity index (χ3v) is 2.09. The molecule has 0 bridgehead atoms. The number of halogens is 2. The second-order valence-corrected chi connectivity index (χ2v) is 3.45. The molecule has 2 aromatic rings. The summed E-state index contributed by atoms with van der Waals surface area (Å²) >= 11 is 0. The molecule has 1 aromatic heterocycles. The zero-order valence-electron chi connectivity index (χ0n) is 9.10. The summed E-state index contributed by atoms with van der Waals surface area (Å²) in [6, 6.07) is 3.30. The van der Waals surface area contributed by atoms with Crippen molar-refractivity contribution in [1.82, 2.24) is 14.8 Å². The van der Waals surface area contributed by atoms with Gasteiger partial charge in [0.1, 0.15) is 30.2 Å². The molecule has 0 aliphatic carbocycles. The van der Waals surface area contributed by atoms with Crippen LogP contribution in [0, 0.1) is 11.6 Å². The molecule has 94 valence electrons. The van der Waals surface area contributed by atoms with Crippen molar-refractivity contribution < 1.29 is 13.6 Å². The standard InChI is InChI=1S/C10H9F2N5O/c11-6-2-1-3-7(12)9(6)15-8(18)4-17-5-14-10(13)16-17/h1-3,5H,4H2,(H2,13,16)(H,15,18). The highest BCUT2D eigenvalue weighted by molar-refractivity contribution is 5.90. The SMILES string of the molecule is Nc1ncn(CC(=O)Nc2c(F)cccc2F)n1. The first-order valence-corrected chi connectivity index (χ1v) is 4.95. The van der Waals surface area contributed by atoms with Gasteiger partial charge in [0.2, 0.25) is 11.9 Å². The minimum absolute atomic E-state index is 0.0138. The van der Waals surface area contributed by atoms with E-state index in [1.165, 1.54) is 12.4 Å². The Morgan fingerprint density at radius 1 is 1.39 bits per heavy atom. The fourth-order valence-corrected chi connectivity index (χ4v) is 1.33. The number of carbonyl (C=O) groups excluding carboxylic acids is 1. The third-order valence-electron chi connectivity index (χ3n) is 2.09. The summed E-state index contributed by atoms with van der Waals surface area (Å²) < 4.78 is 27.6. The van der Waals surface area contributed by atoms with E-state index in [0.717, 1.165) is 16.8 Å². The quantitative estimate of drug-likeness (QED) is 0.846. The predicted octanol–water partition coefficient (Wildman–Crippen LogP) is 0.777. The van der Waals surface area contributed by atoms with Crippen LogP contribution in [-0.2, 0) is 11.3 Å². The second kappa shape index (κ2) is 4.78. The minimum atomic E-state index is -0.846. The Hall–Kier alpha value is -2.51. The largest absolute Gasteiger partial charge is 0.367 e. The second-order valence-electron chi connectivity index (χ2n) is 3.45. The first kappa shape index (κ1) is 12.0. The summed E-state index contributed by atoms with van der Waals surface area (Å²) in [6.45, 7) is -0.238. The van der Waals surface area contributed by atoms with Gasteiger partial charge in [0, 0.05) is 0 Å². The number of para-hydroxylation sites is 1. The van der Waals surface area contributed by atoms with Gasteiger partial charge in [-0.2, -0.15) is 0 Å². The van der Waals surface area contributed by atoms with E-state index in [-0.39, 0.29) is 12.5 Å². The van der Waals surface area contributed by atoms with E-state index in [4.69, 9.17) is 5.73 Å². The molecule has 0 fully saturated rings. The molecule has 6 nitrogen and oxygen atoms in total. The molecule has 8 heteroatoms. The number of nitrogens with one attached hydrogen (secondary N) is 1. The zero-order valence-corrected chi connectivity index (χ0v) is 9.10. The fraction of sp³-hybridized carbons (Fsp3) is 0.100. The van der Waals surface area contributed by atoms with Crippen molar-refractivity contribution in [2.24, 2.45) is 0 Å². The zero-order chi connectivity index (χ0) is 13.1. The first-order valence-electron chi connectivity index (χ1n) is 4.95. The number of nitrogens with two attached hydrogens (primary N) is 1. The smallest absolute Gasteiger partial charge is 0.246 e. The third kappa shape index (κ3) is 2.59. The summed E-state index contributed by atoms with van der Waals surface area (Å²) in [5.41, 5.74) is 4.77. The maximum atomic E-state index is 13.2. The summed E-state index contributed by atoms with van der Waals surface area (Å²) in [4.78, 5) is 15.1. The van der Waals surface area contributed by atoms with Crippen LogP contribution in [0.15, 0.2) is 24.5 Å². The van der Waals surface area contributed by atoms with E-state index in [0.29, 0.717) is 0 Å². The van der Waals surface area contributed by atoms with Crippen molar-refractivity contribution in [2.75, 3.05) is 11.1 Å². The Morgan fingerprint density at radius 3 is 2.61 bits per heavy atom. The van der Waals surface area contributed by atoms with E-state index in [9.17, 15) is 13.6 Å². The van der Waals surface area contributed by atoms with Crippen LogP contribution in [0.4, 0.5) is 20.4 Å². The van der Waals surface area contributed by atoms with Crippen LogP contribution in [-0.4, -0.2) is 20.7 Å². The van der Waals surface area contributed by atoms with E-state index in [1.54, 1.807) is 0 Å². The summed E-state index contributed by atoms with van der Waals surface area (Å²) in [5.74, 6) is -2.31. The molecule has 0 unspecified atom stereocenters. The van der Waals surface area contributed by atoms with Gasteiger partial charge in [-0.1, -0.05) is 6.07 Å². The first-order chi connectivity index (χ1) is 8.56. The molecule has 18 heavy (non-hydrogen) atoms. The summed E-state index contributed by atoms with van der Waals surface area (Å²) in [6.07, 6.45) is 1.24. The number of hydrogen-bond acceptors (Lipinski definition) is 4. The lowest BCUT2D eigenvalue weighted by Crippen LogP contribution is -2.20. The molecule has 2 rings (SSSR count). The summed E-state index contributed by atoms with van der Waals surface area (Å²) in [7, 11) is 0. The van der Waals surface area contributed by atoms with Gasteiger partial charge in [-0.3, -0.25) is 4.79 Å². The molecule has 0 aliphatic heterocycles. The number of nitrogen functional groups attached to an aromatic ring is 1. The molecular weight excluding hydrogens is 244 g/mol. The van der Waals surface area contributed by atoms with E-state index in [2.05, 4.69) is 15.4 Å². The molecule has 1 amide bonds. The molecule has 0 saturated heterocycles. The average molecular weight is 253 g/mol. The number of anilines is 2. The van der Waals surface area contributed by atoms with Gasteiger partial charge in [-0.25, -0.2) is 18.4 Å². The molecule has 0 atom stereocenters. The van der Waals surface area contributed by atoms with Crippen molar-refractivity contribution in [3.63, 3.8) is 0 Å². The van der Waals surface area contributed by atoms with Gasteiger partial charge in [-0.15, -0.1) is 5.10 Å². The number of hydrogen-bond donors (Lipinski definition) is 2. The Kier molecular flexibility index (Phi) is 3.18. The number of benzene rings is 1. The predicted molar refractivity (Wildman–Crippen MR) is 59.4 cm³/mol. The van der Waals surface area contributed by atoms with E-state index < -0.39 is 23.2 Å². The van der Waals surface area contributed by atoms with Crippen LogP contribution in [0.1, 0.15) is 0 Å². The van der Waals surface area contributed by atoms with Crippen LogP contribution in [0.3, 0.4) is 0 Å². The van der Waals surface area contributed by atoms with Gasteiger partial charge in [0.15, 0.2) is 0 Å². The van der Waals surface area contributed by atoms with E-state index >= 15 is 0 Å². The molecule has 3 N–H and O–H groups in total. The van der Waals surface area contributed by atoms with Crippen LogP contribution in [0.5, 0.6) is 0 Å². The normalized spacial score (nSPS) is 10.3. The Morgan fingerprint density at radius 2 is 2.06 bits per heavy atom. The van der Waals surface area contributed by atoms with Gasteiger partial charge < -0.3 is 11.1 Å².